The van der Waals surface area contributed by atoms with Crippen LogP contribution in [0.25, 0.3) is 0 Å². The number of para-hydroxylation sites is 1. The molecule has 2 N–H and O–H groups in total. The van der Waals surface area contributed by atoms with Crippen molar-refractivity contribution < 1.29 is 9.53 Å². The van der Waals surface area contributed by atoms with E-state index in [2.05, 4.69) is 10.6 Å². The van der Waals surface area contributed by atoms with Gasteiger partial charge in [-0.05, 0) is 20.0 Å². The quantitative estimate of drug-likeness (QED) is 0.841. The lowest BCUT2D eigenvalue weighted by atomic mass is 10.2. The van der Waals surface area contributed by atoms with Gasteiger partial charge in [0.25, 0.3) is 5.91 Å². The van der Waals surface area contributed by atoms with Gasteiger partial charge in [-0.3, -0.25) is 4.79 Å². The lowest BCUT2D eigenvalue weighted by molar-refractivity contribution is -0.126. The number of rotatable bonds is 5. The summed E-state index contributed by atoms with van der Waals surface area (Å²) >= 11 is 6.07. The molecule has 0 radical (unpaired) electrons. The molecule has 1 rings (SSSR count). The standard InChI is InChI=1S/C12H17ClN2O2/c1-8(12(16)15-3)17-11-9(7-14-2)5-4-6-10(11)13/h4-6,8,14H,7H2,1-3H3,(H,15,16). The second-order valence-corrected chi connectivity index (χ2v) is 4.04. The summed E-state index contributed by atoms with van der Waals surface area (Å²) in [7, 11) is 3.41. The third-order valence-electron chi connectivity index (χ3n) is 2.33. The Morgan fingerprint density at radius 3 is 2.76 bits per heavy atom. The fourth-order valence-electron chi connectivity index (χ4n) is 1.45. The minimum Gasteiger partial charge on any atom is -0.479 e. The lowest BCUT2D eigenvalue weighted by Gasteiger charge is -2.17. The van der Waals surface area contributed by atoms with E-state index in [1.54, 1.807) is 20.0 Å². The van der Waals surface area contributed by atoms with Crippen molar-refractivity contribution in [1.82, 2.24) is 10.6 Å². The minimum absolute atomic E-state index is 0.180. The molecule has 1 atom stereocenters. The largest absolute Gasteiger partial charge is 0.479 e. The lowest BCUT2D eigenvalue weighted by Crippen LogP contribution is -2.34. The molecule has 0 spiro atoms. The van der Waals surface area contributed by atoms with E-state index in [-0.39, 0.29) is 5.91 Å². The molecule has 0 aliphatic carbocycles. The van der Waals surface area contributed by atoms with Crippen LogP contribution in [0.5, 0.6) is 5.75 Å². The number of halogens is 1. The SMILES string of the molecule is CNCc1cccc(Cl)c1OC(C)C(=O)NC. The van der Waals surface area contributed by atoms with Gasteiger partial charge in [0, 0.05) is 19.2 Å². The van der Waals surface area contributed by atoms with Crippen molar-refractivity contribution in [2.24, 2.45) is 0 Å². The van der Waals surface area contributed by atoms with E-state index in [0.717, 1.165) is 5.56 Å². The molecule has 1 unspecified atom stereocenters. The van der Waals surface area contributed by atoms with Crippen LogP contribution in [-0.2, 0) is 11.3 Å². The van der Waals surface area contributed by atoms with Crippen molar-refractivity contribution in [3.8, 4) is 5.75 Å². The molecule has 0 saturated heterocycles. The molecule has 1 amide bonds. The number of carbonyl (C=O) groups is 1. The minimum atomic E-state index is -0.574. The first-order valence-electron chi connectivity index (χ1n) is 5.40. The maximum atomic E-state index is 11.4. The number of benzene rings is 1. The van der Waals surface area contributed by atoms with Crippen molar-refractivity contribution in [1.29, 1.82) is 0 Å². The molecule has 1 aromatic rings. The normalized spacial score (nSPS) is 12.0. The van der Waals surface area contributed by atoms with E-state index < -0.39 is 6.10 Å². The number of likely N-dealkylation sites (N-methyl/N-ethyl adjacent to an activating group) is 1. The van der Waals surface area contributed by atoms with E-state index in [9.17, 15) is 4.79 Å². The number of hydrogen-bond acceptors (Lipinski definition) is 3. The van der Waals surface area contributed by atoms with Gasteiger partial charge in [0.05, 0.1) is 5.02 Å². The van der Waals surface area contributed by atoms with E-state index >= 15 is 0 Å². The van der Waals surface area contributed by atoms with Crippen LogP contribution in [0.4, 0.5) is 0 Å². The maximum Gasteiger partial charge on any atom is 0.260 e. The molecule has 0 aromatic heterocycles. The summed E-state index contributed by atoms with van der Waals surface area (Å²) in [6, 6.07) is 5.51. The van der Waals surface area contributed by atoms with E-state index in [4.69, 9.17) is 16.3 Å². The van der Waals surface area contributed by atoms with Gasteiger partial charge in [-0.15, -0.1) is 0 Å². The number of carbonyl (C=O) groups excluding carboxylic acids is 1. The summed E-state index contributed by atoms with van der Waals surface area (Å²) in [5.74, 6) is 0.375. The van der Waals surface area contributed by atoms with Gasteiger partial charge in [-0.25, -0.2) is 0 Å². The number of amides is 1. The Morgan fingerprint density at radius 1 is 1.47 bits per heavy atom. The molecule has 0 heterocycles. The van der Waals surface area contributed by atoms with Crippen molar-refractivity contribution in [3.63, 3.8) is 0 Å². The first-order chi connectivity index (χ1) is 8.10. The summed E-state index contributed by atoms with van der Waals surface area (Å²) in [6.45, 7) is 2.32. The Labute approximate surface area is 106 Å². The molecule has 5 heteroatoms. The molecule has 0 fully saturated rings. The Kier molecular flexibility index (Phi) is 5.25. The van der Waals surface area contributed by atoms with Crippen molar-refractivity contribution >= 4 is 17.5 Å². The monoisotopic (exact) mass is 256 g/mol. The van der Waals surface area contributed by atoms with Crippen LogP contribution in [0, 0.1) is 0 Å². The van der Waals surface area contributed by atoms with Crippen LogP contribution < -0.4 is 15.4 Å². The second kappa shape index (κ2) is 6.47. The Hall–Kier alpha value is -1.26. The Balaban J connectivity index is 2.92. The molecule has 94 valence electrons. The number of ether oxygens (including phenoxy) is 1. The van der Waals surface area contributed by atoms with Gasteiger partial charge in [0.15, 0.2) is 6.10 Å². The zero-order valence-electron chi connectivity index (χ0n) is 10.2. The molecule has 0 aliphatic rings. The molecule has 0 bridgehead atoms. The average molecular weight is 257 g/mol. The fraction of sp³-hybridized carbons (Fsp3) is 0.417. The average Bonchev–Trinajstić information content (AvgIpc) is 2.32. The molecule has 17 heavy (non-hydrogen) atoms. The van der Waals surface area contributed by atoms with Crippen LogP contribution >= 0.6 is 11.6 Å². The summed E-state index contributed by atoms with van der Waals surface area (Å²) in [5, 5.41) is 6.07. The smallest absolute Gasteiger partial charge is 0.260 e. The molecule has 0 saturated carbocycles. The highest BCUT2D eigenvalue weighted by Crippen LogP contribution is 2.29. The first kappa shape index (κ1) is 13.8. The van der Waals surface area contributed by atoms with Crippen LogP contribution in [0.15, 0.2) is 18.2 Å². The van der Waals surface area contributed by atoms with E-state index in [0.29, 0.717) is 17.3 Å². The van der Waals surface area contributed by atoms with Gasteiger partial charge < -0.3 is 15.4 Å². The molecular weight excluding hydrogens is 240 g/mol. The topological polar surface area (TPSA) is 50.4 Å². The van der Waals surface area contributed by atoms with Gasteiger partial charge in [-0.1, -0.05) is 23.7 Å². The Bertz CT molecular complexity index is 396. The third kappa shape index (κ3) is 3.61. The van der Waals surface area contributed by atoms with Gasteiger partial charge in [-0.2, -0.15) is 0 Å². The van der Waals surface area contributed by atoms with Crippen molar-refractivity contribution in [3.05, 3.63) is 28.8 Å². The second-order valence-electron chi connectivity index (χ2n) is 3.63. The third-order valence-corrected chi connectivity index (χ3v) is 2.62. The molecule has 0 aliphatic heterocycles. The van der Waals surface area contributed by atoms with Gasteiger partial charge >= 0.3 is 0 Å². The molecule has 4 nitrogen and oxygen atoms in total. The van der Waals surface area contributed by atoms with Gasteiger partial charge in [0.1, 0.15) is 5.75 Å². The molecular formula is C12H17ClN2O2. The number of nitrogens with one attached hydrogen (secondary N) is 2. The van der Waals surface area contributed by atoms with Gasteiger partial charge in [0.2, 0.25) is 0 Å². The predicted octanol–water partition coefficient (Wildman–Crippen LogP) is 1.57. The number of hydrogen-bond donors (Lipinski definition) is 2. The summed E-state index contributed by atoms with van der Waals surface area (Å²) in [6.07, 6.45) is -0.574. The summed E-state index contributed by atoms with van der Waals surface area (Å²) < 4.78 is 5.60. The fourth-order valence-corrected chi connectivity index (χ4v) is 1.69. The summed E-state index contributed by atoms with van der Waals surface area (Å²) in [5.41, 5.74) is 0.927. The van der Waals surface area contributed by atoms with Crippen LogP contribution in [0.2, 0.25) is 5.02 Å². The highest BCUT2D eigenvalue weighted by Gasteiger charge is 2.16. The van der Waals surface area contributed by atoms with E-state index in [1.165, 1.54) is 0 Å². The maximum absolute atomic E-state index is 11.4. The highest BCUT2D eigenvalue weighted by atomic mass is 35.5. The van der Waals surface area contributed by atoms with Crippen LogP contribution in [0.3, 0.4) is 0 Å². The first-order valence-corrected chi connectivity index (χ1v) is 5.78. The Morgan fingerprint density at radius 2 is 2.18 bits per heavy atom. The zero-order chi connectivity index (χ0) is 12.8. The highest BCUT2D eigenvalue weighted by molar-refractivity contribution is 6.32. The molecule has 1 aromatic carbocycles. The van der Waals surface area contributed by atoms with Crippen molar-refractivity contribution in [2.45, 2.75) is 19.6 Å². The van der Waals surface area contributed by atoms with E-state index in [1.807, 2.05) is 19.2 Å². The van der Waals surface area contributed by atoms with Crippen LogP contribution in [-0.4, -0.2) is 26.1 Å². The van der Waals surface area contributed by atoms with Crippen LogP contribution in [0.1, 0.15) is 12.5 Å². The van der Waals surface area contributed by atoms with Crippen molar-refractivity contribution in [2.75, 3.05) is 14.1 Å². The zero-order valence-corrected chi connectivity index (χ0v) is 11.0. The predicted molar refractivity (Wildman–Crippen MR) is 68.4 cm³/mol. The summed E-state index contributed by atoms with van der Waals surface area (Å²) in [4.78, 5) is 11.4.